The number of rotatable bonds is 4. The van der Waals surface area contributed by atoms with Gasteiger partial charge in [-0.25, -0.2) is 0 Å². The van der Waals surface area contributed by atoms with E-state index < -0.39 is 0 Å². The second kappa shape index (κ2) is 8.03. The molecule has 4 nitrogen and oxygen atoms in total. The molecule has 140 valence electrons. The molecular formula is C21H35N3O. The van der Waals surface area contributed by atoms with Crippen LogP contribution in [0.1, 0.15) is 77.3 Å². The number of hydrogen-bond donors (Lipinski definition) is 1. The lowest BCUT2D eigenvalue weighted by molar-refractivity contribution is -0.137. The Balaban J connectivity index is 0.000000146. The van der Waals surface area contributed by atoms with Crippen LogP contribution in [0.15, 0.2) is 12.4 Å². The summed E-state index contributed by atoms with van der Waals surface area (Å²) in [6, 6.07) is 0.626. The maximum atomic E-state index is 11.6. The smallest absolute Gasteiger partial charge is 0.138 e. The molecule has 2 saturated carbocycles. The van der Waals surface area contributed by atoms with Crippen LogP contribution in [0.3, 0.4) is 0 Å². The van der Waals surface area contributed by atoms with Gasteiger partial charge in [0, 0.05) is 18.0 Å². The largest absolute Gasteiger partial charge is 0.317 e. The van der Waals surface area contributed by atoms with E-state index in [-0.39, 0.29) is 5.92 Å². The molecule has 0 aromatic carbocycles. The van der Waals surface area contributed by atoms with E-state index in [1.165, 1.54) is 50.5 Å². The minimum Gasteiger partial charge on any atom is -0.317 e. The molecule has 0 bridgehead atoms. The fraction of sp³-hybridized carbons (Fsp3) is 0.810. The van der Waals surface area contributed by atoms with Gasteiger partial charge in [-0.1, -0.05) is 27.2 Å². The minimum absolute atomic E-state index is 0.257. The highest BCUT2D eigenvalue weighted by Gasteiger charge is 2.50. The molecular weight excluding hydrogens is 310 g/mol. The molecule has 1 aromatic rings. The van der Waals surface area contributed by atoms with E-state index in [0.717, 1.165) is 19.5 Å². The van der Waals surface area contributed by atoms with E-state index in [2.05, 4.69) is 28.2 Å². The first kappa shape index (κ1) is 18.6. The first-order valence-electron chi connectivity index (χ1n) is 10.3. The summed E-state index contributed by atoms with van der Waals surface area (Å²) < 4.78 is 2.14. The average molecular weight is 346 g/mol. The van der Waals surface area contributed by atoms with Crippen molar-refractivity contribution in [2.45, 2.75) is 78.2 Å². The van der Waals surface area contributed by atoms with E-state index in [1.54, 1.807) is 0 Å². The van der Waals surface area contributed by atoms with Crippen molar-refractivity contribution in [3.8, 4) is 0 Å². The maximum absolute atomic E-state index is 11.6. The van der Waals surface area contributed by atoms with E-state index in [0.29, 0.717) is 23.2 Å². The molecule has 0 radical (unpaired) electrons. The van der Waals surface area contributed by atoms with Crippen molar-refractivity contribution in [1.82, 2.24) is 15.1 Å². The Morgan fingerprint density at radius 2 is 2.00 bits per heavy atom. The first-order chi connectivity index (χ1) is 12.0. The third kappa shape index (κ3) is 4.33. The van der Waals surface area contributed by atoms with Crippen LogP contribution >= 0.6 is 0 Å². The van der Waals surface area contributed by atoms with Crippen molar-refractivity contribution < 1.29 is 4.79 Å². The van der Waals surface area contributed by atoms with Crippen LogP contribution in [0.25, 0.3) is 0 Å². The summed E-state index contributed by atoms with van der Waals surface area (Å²) in [5.41, 5.74) is 2.01. The Morgan fingerprint density at radius 3 is 2.48 bits per heavy atom. The van der Waals surface area contributed by atoms with Crippen molar-refractivity contribution in [2.24, 2.45) is 17.3 Å². The summed E-state index contributed by atoms with van der Waals surface area (Å²) in [4.78, 5) is 11.6. The Bertz CT molecular complexity index is 559. The van der Waals surface area contributed by atoms with Crippen LogP contribution in [0.4, 0.5) is 0 Å². The summed E-state index contributed by atoms with van der Waals surface area (Å²) >= 11 is 0. The van der Waals surface area contributed by atoms with Gasteiger partial charge >= 0.3 is 0 Å². The molecule has 2 aliphatic carbocycles. The van der Waals surface area contributed by atoms with Gasteiger partial charge in [0.05, 0.1) is 12.2 Å². The fourth-order valence-corrected chi connectivity index (χ4v) is 4.57. The lowest BCUT2D eigenvalue weighted by Crippen LogP contribution is -2.46. The molecule has 1 spiro atoms. The number of aryl methyl sites for hydroxylation is 1. The number of ketones is 1. The molecule has 1 aliphatic heterocycles. The molecule has 4 heteroatoms. The molecule has 1 aromatic heterocycles. The number of hydrogen-bond acceptors (Lipinski definition) is 3. The highest BCUT2D eigenvalue weighted by molar-refractivity contribution is 5.83. The van der Waals surface area contributed by atoms with Crippen LogP contribution in [0.5, 0.6) is 0 Å². The summed E-state index contributed by atoms with van der Waals surface area (Å²) in [6.45, 7) is 8.48. The lowest BCUT2D eigenvalue weighted by Gasteiger charge is -2.54. The second-order valence-corrected chi connectivity index (χ2v) is 8.68. The summed E-state index contributed by atoms with van der Waals surface area (Å²) in [7, 11) is 0. The zero-order valence-electron chi connectivity index (χ0n) is 16.3. The Hall–Kier alpha value is -1.16. The number of Topliss-reactive ketones (excluding diaryl/α,β-unsaturated/α-hetero) is 1. The van der Waals surface area contributed by atoms with Gasteiger partial charge < -0.3 is 5.32 Å². The number of piperidine rings is 1. The molecule has 4 rings (SSSR count). The van der Waals surface area contributed by atoms with Crippen LogP contribution in [-0.2, 0) is 11.2 Å². The highest BCUT2D eigenvalue weighted by Crippen LogP contribution is 2.59. The van der Waals surface area contributed by atoms with Crippen LogP contribution in [-0.4, -0.2) is 28.7 Å². The Labute approximate surface area is 152 Å². The summed E-state index contributed by atoms with van der Waals surface area (Å²) in [6.07, 6.45) is 14.3. The molecule has 1 saturated heterocycles. The van der Waals surface area contributed by atoms with Crippen molar-refractivity contribution >= 4 is 5.78 Å². The third-order valence-electron chi connectivity index (χ3n) is 6.49. The first-order valence-corrected chi connectivity index (χ1v) is 10.3. The zero-order chi connectivity index (χ0) is 17.9. The Morgan fingerprint density at radius 1 is 1.32 bits per heavy atom. The van der Waals surface area contributed by atoms with Gasteiger partial charge in [0.1, 0.15) is 5.78 Å². The number of aromatic nitrogens is 2. The number of nitrogens with one attached hydrogen (secondary N) is 1. The maximum Gasteiger partial charge on any atom is 0.138 e. The summed E-state index contributed by atoms with van der Waals surface area (Å²) in [5, 5.41) is 7.76. The number of carbonyl (C=O) groups excluding carboxylic acids is 1. The zero-order valence-corrected chi connectivity index (χ0v) is 16.3. The Kier molecular flexibility index (Phi) is 5.98. The predicted octanol–water partition coefficient (Wildman–Crippen LogP) is 4.16. The van der Waals surface area contributed by atoms with Gasteiger partial charge in [-0.3, -0.25) is 9.48 Å². The quantitative estimate of drug-likeness (QED) is 0.891. The third-order valence-corrected chi connectivity index (χ3v) is 6.49. The van der Waals surface area contributed by atoms with E-state index >= 15 is 0 Å². The van der Waals surface area contributed by atoms with E-state index in [4.69, 9.17) is 0 Å². The monoisotopic (exact) mass is 345 g/mol. The molecule has 25 heavy (non-hydrogen) atoms. The van der Waals surface area contributed by atoms with Crippen LogP contribution in [0.2, 0.25) is 0 Å². The topological polar surface area (TPSA) is 46.9 Å². The molecule has 3 aliphatic rings. The van der Waals surface area contributed by atoms with Crippen LogP contribution < -0.4 is 5.32 Å². The van der Waals surface area contributed by atoms with E-state index in [9.17, 15) is 4.79 Å². The molecule has 0 unspecified atom stereocenters. The molecule has 0 atom stereocenters. The molecule has 3 fully saturated rings. The predicted molar refractivity (Wildman–Crippen MR) is 102 cm³/mol. The standard InChI is InChI=1S/C11H18O.C10H17N3/c1-8(2)10(12)9-6-11(7-9)4-3-5-11;1-2-9-7-12-13(8-9)10-3-5-11-6-4-10/h8-9H,3-7H2,1-2H3;7-8,10-11H,2-6H2,1H3. The van der Waals surface area contributed by atoms with Crippen molar-refractivity contribution in [2.75, 3.05) is 13.1 Å². The van der Waals surface area contributed by atoms with Gasteiger partial charge in [-0.2, -0.15) is 5.10 Å². The molecule has 0 amide bonds. The average Bonchev–Trinajstić information content (AvgIpc) is 3.02. The van der Waals surface area contributed by atoms with Crippen molar-refractivity contribution in [3.63, 3.8) is 0 Å². The van der Waals surface area contributed by atoms with Gasteiger partial charge in [-0.15, -0.1) is 0 Å². The van der Waals surface area contributed by atoms with Crippen molar-refractivity contribution in [3.05, 3.63) is 18.0 Å². The number of carbonyl (C=O) groups is 1. The molecule has 1 N–H and O–H groups in total. The van der Waals surface area contributed by atoms with Gasteiger partial charge in [0.25, 0.3) is 0 Å². The summed E-state index contributed by atoms with van der Waals surface area (Å²) in [5.74, 6) is 1.20. The van der Waals surface area contributed by atoms with Crippen molar-refractivity contribution in [1.29, 1.82) is 0 Å². The number of nitrogens with zero attached hydrogens (tertiary/aromatic N) is 2. The molecule has 2 heterocycles. The highest BCUT2D eigenvalue weighted by atomic mass is 16.1. The second-order valence-electron chi connectivity index (χ2n) is 8.68. The fourth-order valence-electron chi connectivity index (χ4n) is 4.57. The van der Waals surface area contributed by atoms with Gasteiger partial charge in [0.15, 0.2) is 0 Å². The normalized spacial score (nSPS) is 22.9. The van der Waals surface area contributed by atoms with Gasteiger partial charge in [-0.05, 0) is 69.0 Å². The lowest BCUT2D eigenvalue weighted by atomic mass is 9.50. The van der Waals surface area contributed by atoms with Crippen LogP contribution in [0, 0.1) is 17.3 Å². The SMILES string of the molecule is CC(C)C(=O)C1CC2(CCC2)C1.CCc1cnn(C2CCNCC2)c1. The minimum atomic E-state index is 0.257. The van der Waals surface area contributed by atoms with Gasteiger partial charge in [0.2, 0.25) is 0 Å². The van der Waals surface area contributed by atoms with E-state index in [1.807, 2.05) is 20.0 Å².